The van der Waals surface area contributed by atoms with Gasteiger partial charge in [0.15, 0.2) is 5.58 Å². The monoisotopic (exact) mass is 426 g/mol. The van der Waals surface area contributed by atoms with E-state index < -0.39 is 5.76 Å². The normalized spacial score (nSPS) is 14.9. The molecular formula is C22H23ClN4O3. The summed E-state index contributed by atoms with van der Waals surface area (Å²) in [6.45, 7) is 4.63. The molecule has 1 fully saturated rings. The first-order chi connectivity index (χ1) is 14.2. The molecule has 7 nitrogen and oxygen atoms in total. The second-order valence-corrected chi connectivity index (χ2v) is 7.46. The van der Waals surface area contributed by atoms with E-state index in [0.717, 1.165) is 66.8 Å². The minimum Gasteiger partial charge on any atom is -0.508 e. The zero-order valence-corrected chi connectivity index (χ0v) is 17.2. The van der Waals surface area contributed by atoms with Crippen molar-refractivity contribution < 1.29 is 9.52 Å². The Morgan fingerprint density at radius 2 is 1.93 bits per heavy atom. The quantitative estimate of drug-likeness (QED) is 0.521. The van der Waals surface area contributed by atoms with E-state index in [-0.39, 0.29) is 18.2 Å². The van der Waals surface area contributed by atoms with Gasteiger partial charge in [-0.3, -0.25) is 14.9 Å². The first-order valence-corrected chi connectivity index (χ1v) is 9.82. The van der Waals surface area contributed by atoms with Gasteiger partial charge in [-0.2, -0.15) is 0 Å². The van der Waals surface area contributed by atoms with E-state index in [1.54, 1.807) is 12.3 Å². The molecule has 8 heteroatoms. The number of piperazine rings is 1. The molecular weight excluding hydrogens is 404 g/mol. The van der Waals surface area contributed by atoms with E-state index >= 15 is 0 Å². The summed E-state index contributed by atoms with van der Waals surface area (Å²) in [7, 11) is 0. The van der Waals surface area contributed by atoms with Crippen LogP contribution in [0.2, 0.25) is 0 Å². The molecule has 4 aromatic rings. The van der Waals surface area contributed by atoms with E-state index in [1.165, 1.54) is 0 Å². The second-order valence-electron chi connectivity index (χ2n) is 7.46. The van der Waals surface area contributed by atoms with Crippen molar-refractivity contribution in [2.75, 3.05) is 37.6 Å². The van der Waals surface area contributed by atoms with Crippen molar-refractivity contribution in [2.24, 2.45) is 0 Å². The Morgan fingerprint density at radius 1 is 1.10 bits per heavy atom. The highest BCUT2D eigenvalue weighted by molar-refractivity contribution is 5.92. The topological polar surface area (TPSA) is 85.6 Å². The van der Waals surface area contributed by atoms with Crippen molar-refractivity contribution in [3.05, 3.63) is 64.8 Å². The molecule has 0 radical (unpaired) electrons. The van der Waals surface area contributed by atoms with Crippen LogP contribution in [0.25, 0.3) is 22.0 Å². The number of aromatic amines is 1. The third-order valence-corrected chi connectivity index (χ3v) is 5.58. The predicted molar refractivity (Wildman–Crippen MR) is 120 cm³/mol. The van der Waals surface area contributed by atoms with Crippen molar-refractivity contribution in [3.63, 3.8) is 0 Å². The highest BCUT2D eigenvalue weighted by atomic mass is 35.5. The van der Waals surface area contributed by atoms with Crippen LogP contribution in [0.3, 0.4) is 0 Å². The molecule has 0 saturated carbocycles. The lowest BCUT2D eigenvalue weighted by molar-refractivity contribution is 0.261. The molecule has 3 heterocycles. The van der Waals surface area contributed by atoms with Crippen molar-refractivity contribution >= 4 is 40.1 Å². The summed E-state index contributed by atoms with van der Waals surface area (Å²) < 4.78 is 5.15. The molecule has 0 bridgehead atoms. The highest BCUT2D eigenvalue weighted by Gasteiger charge is 2.20. The second kappa shape index (κ2) is 8.38. The molecule has 2 aromatic heterocycles. The van der Waals surface area contributed by atoms with Gasteiger partial charge in [-0.05, 0) is 36.2 Å². The van der Waals surface area contributed by atoms with Gasteiger partial charge in [0.25, 0.3) is 0 Å². The lowest BCUT2D eigenvalue weighted by Crippen LogP contribution is -2.47. The number of nitrogens with one attached hydrogen (secondary N) is 1. The number of phenols is 1. The molecule has 1 aliphatic rings. The van der Waals surface area contributed by atoms with Crippen molar-refractivity contribution in [1.29, 1.82) is 0 Å². The lowest BCUT2D eigenvalue weighted by Gasteiger charge is -2.36. The van der Waals surface area contributed by atoms with Gasteiger partial charge in [0.1, 0.15) is 5.75 Å². The van der Waals surface area contributed by atoms with Crippen LogP contribution in [-0.2, 0) is 6.42 Å². The number of nitrogens with zero attached hydrogens (tertiary/aromatic N) is 3. The number of anilines is 1. The van der Waals surface area contributed by atoms with Gasteiger partial charge in [-0.25, -0.2) is 4.79 Å². The Hall–Kier alpha value is -3.03. The number of rotatable bonds is 4. The van der Waals surface area contributed by atoms with Crippen LogP contribution >= 0.6 is 12.4 Å². The van der Waals surface area contributed by atoms with Gasteiger partial charge < -0.3 is 14.4 Å². The number of phenolic OH excluding ortho intramolecular Hbond substituents is 1. The molecule has 156 valence electrons. The van der Waals surface area contributed by atoms with Gasteiger partial charge in [0, 0.05) is 50.4 Å². The number of halogens is 1. The summed E-state index contributed by atoms with van der Waals surface area (Å²) in [5, 5.41) is 11.0. The van der Waals surface area contributed by atoms with Crippen LogP contribution in [0.1, 0.15) is 5.56 Å². The van der Waals surface area contributed by atoms with Crippen LogP contribution < -0.4 is 10.7 Å². The lowest BCUT2D eigenvalue weighted by atomic mass is 10.1. The van der Waals surface area contributed by atoms with Crippen molar-refractivity contribution in [1.82, 2.24) is 14.9 Å². The zero-order valence-electron chi connectivity index (χ0n) is 16.4. The fourth-order valence-corrected chi connectivity index (χ4v) is 4.04. The molecule has 0 aliphatic carbocycles. The van der Waals surface area contributed by atoms with Crippen molar-refractivity contribution in [3.8, 4) is 5.75 Å². The van der Waals surface area contributed by atoms with Crippen LogP contribution in [0.4, 0.5) is 5.69 Å². The van der Waals surface area contributed by atoms with Gasteiger partial charge in [-0.1, -0.05) is 12.1 Å². The number of benzene rings is 2. The smallest absolute Gasteiger partial charge is 0.417 e. The Labute approximate surface area is 179 Å². The molecule has 2 N–H and O–H groups in total. The summed E-state index contributed by atoms with van der Waals surface area (Å²) in [6.07, 6.45) is 2.70. The van der Waals surface area contributed by atoms with Crippen LogP contribution in [-0.4, -0.2) is 52.7 Å². The third kappa shape index (κ3) is 3.99. The summed E-state index contributed by atoms with van der Waals surface area (Å²) in [5.74, 6) is -0.142. The molecule has 0 amide bonds. The molecule has 0 atom stereocenters. The average molecular weight is 427 g/mol. The largest absolute Gasteiger partial charge is 0.508 e. The Balaban J connectivity index is 0.00000218. The number of aromatic hydroxyl groups is 1. The molecule has 0 spiro atoms. The minimum absolute atomic E-state index is 0. The van der Waals surface area contributed by atoms with Gasteiger partial charge in [0.05, 0.1) is 16.7 Å². The van der Waals surface area contributed by atoms with E-state index in [9.17, 15) is 9.90 Å². The summed E-state index contributed by atoms with van der Waals surface area (Å²) in [6, 6.07) is 13.3. The number of hydrogen-bond donors (Lipinski definition) is 2. The third-order valence-electron chi connectivity index (χ3n) is 5.58. The maximum atomic E-state index is 11.3. The summed E-state index contributed by atoms with van der Waals surface area (Å²) in [4.78, 5) is 23.2. The summed E-state index contributed by atoms with van der Waals surface area (Å²) in [5.41, 5.74) is 4.43. The van der Waals surface area contributed by atoms with Crippen LogP contribution in [0.15, 0.2) is 57.9 Å². The fourth-order valence-electron chi connectivity index (χ4n) is 4.04. The van der Waals surface area contributed by atoms with E-state index in [4.69, 9.17) is 4.42 Å². The van der Waals surface area contributed by atoms with E-state index in [2.05, 4.69) is 19.8 Å². The first kappa shape index (κ1) is 20.3. The molecule has 30 heavy (non-hydrogen) atoms. The standard InChI is InChI=1S/C22H22N4O3.ClH/c27-17-13-16-2-1-6-23-21(16)19(14-17)26-10-8-25(9-11-26)7-5-15-3-4-18-20(12-15)29-22(28)24-18;/h1-4,6,12-14,27H,5,7-11H2,(H,24,28);1H. The number of fused-ring (bicyclic) bond motifs is 2. The molecule has 0 unspecified atom stereocenters. The summed E-state index contributed by atoms with van der Waals surface area (Å²) >= 11 is 0. The Kier molecular flexibility index (Phi) is 5.65. The van der Waals surface area contributed by atoms with Crippen LogP contribution in [0.5, 0.6) is 5.75 Å². The number of aromatic nitrogens is 2. The maximum Gasteiger partial charge on any atom is 0.417 e. The van der Waals surface area contributed by atoms with Gasteiger partial charge in [-0.15, -0.1) is 12.4 Å². The van der Waals surface area contributed by atoms with Crippen molar-refractivity contribution in [2.45, 2.75) is 6.42 Å². The van der Waals surface area contributed by atoms with E-state index in [0.29, 0.717) is 5.58 Å². The minimum atomic E-state index is -0.415. The van der Waals surface area contributed by atoms with Gasteiger partial charge >= 0.3 is 5.76 Å². The molecule has 2 aromatic carbocycles. The SMILES string of the molecule is Cl.O=c1[nH]c2ccc(CCN3CCN(c4cc(O)cc5cccnc45)CC3)cc2o1. The van der Waals surface area contributed by atoms with E-state index in [1.807, 2.05) is 36.4 Å². The number of pyridine rings is 1. The Morgan fingerprint density at radius 3 is 2.77 bits per heavy atom. The first-order valence-electron chi connectivity index (χ1n) is 9.82. The Bertz CT molecular complexity index is 1230. The molecule has 1 saturated heterocycles. The van der Waals surface area contributed by atoms with Gasteiger partial charge in [0.2, 0.25) is 0 Å². The molecule has 5 rings (SSSR count). The van der Waals surface area contributed by atoms with Crippen LogP contribution in [0, 0.1) is 0 Å². The maximum absolute atomic E-state index is 11.3. The fraction of sp³-hybridized carbons (Fsp3) is 0.273. The number of oxazole rings is 1. The number of hydrogen-bond acceptors (Lipinski definition) is 6. The zero-order chi connectivity index (χ0) is 19.8. The predicted octanol–water partition coefficient (Wildman–Crippen LogP) is 3.16. The molecule has 1 aliphatic heterocycles. The number of H-pyrrole nitrogens is 1. The average Bonchev–Trinajstić information content (AvgIpc) is 3.11. The highest BCUT2D eigenvalue weighted by Crippen LogP contribution is 2.30.